The summed E-state index contributed by atoms with van der Waals surface area (Å²) in [5.74, 6) is -0.582. The van der Waals surface area contributed by atoms with Crippen molar-refractivity contribution in [1.82, 2.24) is 0 Å². The topological polar surface area (TPSA) is 49.9 Å². The molecule has 0 N–H and O–H groups in total. The molecule has 1 aliphatic rings. The number of benzene rings is 1. The summed E-state index contributed by atoms with van der Waals surface area (Å²) in [5, 5.41) is 0. The molecule has 0 saturated carbocycles. The highest BCUT2D eigenvalue weighted by atomic mass is 19.4. The molecule has 1 aromatic rings. The summed E-state index contributed by atoms with van der Waals surface area (Å²) < 4.78 is 43.1. The molecule has 1 aromatic carbocycles. The van der Waals surface area contributed by atoms with Crippen molar-refractivity contribution in [3.63, 3.8) is 0 Å². The second kappa shape index (κ2) is 8.33. The van der Waals surface area contributed by atoms with Crippen molar-refractivity contribution in [3.05, 3.63) is 23.8 Å². The highest BCUT2D eigenvalue weighted by molar-refractivity contribution is 6.01. The van der Waals surface area contributed by atoms with Crippen LogP contribution in [0.5, 0.6) is 0 Å². The van der Waals surface area contributed by atoms with Crippen LogP contribution in [0.1, 0.15) is 36.5 Å². The Morgan fingerprint density at radius 1 is 1.37 bits per heavy atom. The molecule has 0 bridgehead atoms. The van der Waals surface area contributed by atoms with E-state index < -0.39 is 18.1 Å². The van der Waals surface area contributed by atoms with Crippen molar-refractivity contribution in [2.45, 2.75) is 38.4 Å². The van der Waals surface area contributed by atoms with Gasteiger partial charge in [-0.15, -0.1) is 6.42 Å². The Bertz CT molecular complexity index is 756. The molecule has 1 aliphatic heterocycles. The second-order valence-electron chi connectivity index (χ2n) is 6.38. The molecule has 1 fully saturated rings. The summed E-state index contributed by atoms with van der Waals surface area (Å²) >= 11 is 0. The van der Waals surface area contributed by atoms with Crippen LogP contribution in [0.3, 0.4) is 0 Å². The largest absolute Gasteiger partial charge is 0.471 e. The Labute approximate surface area is 156 Å². The summed E-state index contributed by atoms with van der Waals surface area (Å²) in [6, 6.07) is 4.33. The zero-order valence-corrected chi connectivity index (χ0v) is 15.2. The third-order valence-electron chi connectivity index (χ3n) is 4.53. The molecule has 8 heteroatoms. The Hall–Kier alpha value is -2.69. The minimum Gasteiger partial charge on any atom is -0.449 e. The van der Waals surface area contributed by atoms with Gasteiger partial charge in [-0.3, -0.25) is 4.79 Å². The zero-order valence-electron chi connectivity index (χ0n) is 15.2. The average Bonchev–Trinajstić information content (AvgIpc) is 2.64. The van der Waals surface area contributed by atoms with E-state index in [4.69, 9.17) is 11.2 Å². The first-order valence-corrected chi connectivity index (χ1v) is 8.53. The van der Waals surface area contributed by atoms with Gasteiger partial charge < -0.3 is 14.5 Å². The molecule has 0 aliphatic carbocycles. The predicted molar refractivity (Wildman–Crippen MR) is 95.7 cm³/mol. The van der Waals surface area contributed by atoms with Gasteiger partial charge in [-0.25, -0.2) is 4.79 Å². The number of alkyl halides is 3. The fourth-order valence-corrected chi connectivity index (χ4v) is 3.09. The number of esters is 1. The lowest BCUT2D eigenvalue weighted by Crippen LogP contribution is -2.39. The van der Waals surface area contributed by atoms with Crippen LogP contribution in [0.4, 0.5) is 24.5 Å². The number of halogens is 3. The van der Waals surface area contributed by atoms with E-state index in [1.807, 2.05) is 11.8 Å². The molecule has 0 spiro atoms. The molecule has 0 radical (unpaired) electrons. The highest BCUT2D eigenvalue weighted by Gasteiger charge is 2.42. The molecule has 0 aromatic heterocycles. The van der Waals surface area contributed by atoms with Gasteiger partial charge in [0.1, 0.15) is 0 Å². The molecular weight excluding hydrogens is 361 g/mol. The number of anilines is 2. The number of ether oxygens (including phenoxy) is 1. The van der Waals surface area contributed by atoms with Crippen molar-refractivity contribution in [2.75, 3.05) is 30.0 Å². The van der Waals surface area contributed by atoms with E-state index in [9.17, 15) is 22.8 Å². The number of nitrogens with zero attached hydrogens (tertiary/aromatic N) is 2. The van der Waals surface area contributed by atoms with Crippen LogP contribution in [-0.4, -0.2) is 44.3 Å². The Kier molecular flexibility index (Phi) is 6.37. The maximum absolute atomic E-state index is 12.7. The predicted octanol–water partition coefficient (Wildman–Crippen LogP) is 3.38. The average molecular weight is 382 g/mol. The molecule has 1 unspecified atom stereocenters. The minimum atomic E-state index is -5.01. The van der Waals surface area contributed by atoms with Gasteiger partial charge in [0, 0.05) is 25.3 Å². The van der Waals surface area contributed by atoms with E-state index in [2.05, 4.69) is 5.92 Å². The van der Waals surface area contributed by atoms with E-state index in [0.717, 1.165) is 26.3 Å². The van der Waals surface area contributed by atoms with Crippen LogP contribution in [0, 0.1) is 12.3 Å². The highest BCUT2D eigenvalue weighted by Crippen LogP contribution is 2.32. The normalized spacial score (nSPS) is 17.2. The van der Waals surface area contributed by atoms with Crippen molar-refractivity contribution >= 4 is 23.3 Å². The lowest BCUT2D eigenvalue weighted by molar-refractivity contribution is -0.170. The van der Waals surface area contributed by atoms with Crippen LogP contribution in [0.25, 0.3) is 0 Å². The van der Waals surface area contributed by atoms with Crippen molar-refractivity contribution in [2.24, 2.45) is 0 Å². The molecule has 2 rings (SSSR count). The smallest absolute Gasteiger partial charge is 0.449 e. The Balaban J connectivity index is 2.44. The standard InChI is InChI=1S/C19H21F3N2O3/c1-4-11-27-17(25)15-12-14(23(3)18(26)19(20,21)22)8-9-16(15)24-10-6-5-7-13(24)2/h1,8-9,12-13H,5-7,10-11H2,2-3H3. The molecule has 1 saturated heterocycles. The molecule has 146 valence electrons. The van der Waals surface area contributed by atoms with Gasteiger partial charge in [0.15, 0.2) is 6.61 Å². The lowest BCUT2D eigenvalue weighted by atomic mass is 10.0. The first-order valence-electron chi connectivity index (χ1n) is 8.53. The van der Waals surface area contributed by atoms with E-state index in [1.165, 1.54) is 12.1 Å². The monoisotopic (exact) mass is 382 g/mol. The lowest BCUT2D eigenvalue weighted by Gasteiger charge is -2.36. The SMILES string of the molecule is C#CCOC(=O)c1cc(N(C)C(=O)C(F)(F)F)ccc1N1CCCCC1C. The third kappa shape index (κ3) is 4.73. The van der Waals surface area contributed by atoms with Crippen LogP contribution in [0.15, 0.2) is 18.2 Å². The molecule has 27 heavy (non-hydrogen) atoms. The number of rotatable bonds is 4. The number of piperidine rings is 1. The number of carbonyl (C=O) groups excluding carboxylic acids is 2. The number of hydrogen-bond acceptors (Lipinski definition) is 4. The van der Waals surface area contributed by atoms with Crippen LogP contribution in [0.2, 0.25) is 0 Å². The quantitative estimate of drug-likeness (QED) is 0.592. The number of amides is 1. The number of terminal acetylenes is 1. The summed E-state index contributed by atoms with van der Waals surface area (Å²) in [4.78, 5) is 26.4. The minimum absolute atomic E-state index is 0.0570. The van der Waals surface area contributed by atoms with Crippen molar-refractivity contribution in [1.29, 1.82) is 0 Å². The first-order chi connectivity index (χ1) is 12.7. The van der Waals surface area contributed by atoms with Crippen LogP contribution >= 0.6 is 0 Å². The Morgan fingerprint density at radius 2 is 2.07 bits per heavy atom. The molecule has 1 atom stereocenters. The summed E-state index contributed by atoms with van der Waals surface area (Å²) in [6.45, 7) is 2.48. The van der Waals surface area contributed by atoms with Gasteiger partial charge in [0.2, 0.25) is 0 Å². The molecule has 5 nitrogen and oxygen atoms in total. The van der Waals surface area contributed by atoms with Gasteiger partial charge in [0.05, 0.1) is 11.3 Å². The van der Waals surface area contributed by atoms with Crippen LogP contribution in [-0.2, 0) is 9.53 Å². The van der Waals surface area contributed by atoms with Gasteiger partial charge in [-0.05, 0) is 44.4 Å². The van der Waals surface area contributed by atoms with Gasteiger partial charge in [-0.1, -0.05) is 5.92 Å². The van der Waals surface area contributed by atoms with Gasteiger partial charge >= 0.3 is 18.1 Å². The van der Waals surface area contributed by atoms with Crippen molar-refractivity contribution in [3.8, 4) is 12.3 Å². The van der Waals surface area contributed by atoms with Gasteiger partial charge in [0.25, 0.3) is 0 Å². The fourth-order valence-electron chi connectivity index (χ4n) is 3.09. The van der Waals surface area contributed by atoms with E-state index in [0.29, 0.717) is 17.1 Å². The zero-order chi connectivity index (χ0) is 20.2. The number of carbonyl (C=O) groups is 2. The maximum Gasteiger partial charge on any atom is 0.471 e. The molecule has 1 heterocycles. The molecular formula is C19H21F3N2O3. The maximum atomic E-state index is 12.7. The summed E-state index contributed by atoms with van der Waals surface area (Å²) in [7, 11) is 1.00. The van der Waals surface area contributed by atoms with Crippen molar-refractivity contribution < 1.29 is 27.5 Å². The van der Waals surface area contributed by atoms with E-state index in [-0.39, 0.29) is 23.9 Å². The van der Waals surface area contributed by atoms with E-state index in [1.54, 1.807) is 6.07 Å². The summed E-state index contributed by atoms with van der Waals surface area (Å²) in [5.41, 5.74) is 0.581. The van der Waals surface area contributed by atoms with E-state index >= 15 is 0 Å². The molecule has 1 amide bonds. The number of hydrogen-bond donors (Lipinski definition) is 0. The first kappa shape index (κ1) is 20.6. The van der Waals surface area contributed by atoms with Gasteiger partial charge in [-0.2, -0.15) is 13.2 Å². The van der Waals surface area contributed by atoms with Crippen LogP contribution < -0.4 is 9.80 Å². The second-order valence-corrected chi connectivity index (χ2v) is 6.38. The third-order valence-corrected chi connectivity index (χ3v) is 4.53. The fraction of sp³-hybridized carbons (Fsp3) is 0.474. The summed E-state index contributed by atoms with van der Waals surface area (Å²) in [6.07, 6.45) is 3.04. The Morgan fingerprint density at radius 3 is 2.67 bits per heavy atom.